The molecule has 0 aliphatic rings. The molecule has 0 spiro atoms. The van der Waals surface area contributed by atoms with Gasteiger partial charge in [0.2, 0.25) is 5.65 Å². The van der Waals surface area contributed by atoms with Gasteiger partial charge < -0.3 is 10.4 Å². The maximum atomic E-state index is 9.59. The number of nitrogens with zero attached hydrogens (tertiary/aromatic N) is 4. The van der Waals surface area contributed by atoms with Crippen LogP contribution in [-0.2, 0) is 0 Å². The molecule has 0 aliphatic heterocycles. The molecule has 0 saturated carbocycles. The van der Waals surface area contributed by atoms with Crippen LogP contribution in [0.1, 0.15) is 5.82 Å². The van der Waals surface area contributed by atoms with Crippen LogP contribution in [0.15, 0.2) is 48.5 Å². The Labute approximate surface area is 126 Å². The molecule has 6 nitrogen and oxygen atoms in total. The quantitative estimate of drug-likeness (QED) is 0.593. The minimum Gasteiger partial charge on any atom is -0.508 e. The van der Waals surface area contributed by atoms with E-state index < -0.39 is 0 Å². The number of hydrogen-bond acceptors (Lipinski definition) is 5. The Morgan fingerprint density at radius 3 is 2.77 bits per heavy atom. The molecule has 2 aromatic carbocycles. The Balaban J connectivity index is 1.96. The van der Waals surface area contributed by atoms with Crippen LogP contribution in [0.3, 0.4) is 0 Å². The van der Waals surface area contributed by atoms with E-state index >= 15 is 0 Å². The van der Waals surface area contributed by atoms with Gasteiger partial charge >= 0.3 is 0 Å². The van der Waals surface area contributed by atoms with Crippen molar-refractivity contribution in [3.63, 3.8) is 0 Å². The molecule has 0 aliphatic carbocycles. The number of aromatic hydroxyl groups is 1. The number of para-hydroxylation sites is 2. The van der Waals surface area contributed by atoms with Crippen molar-refractivity contribution in [2.45, 2.75) is 6.92 Å². The smallest absolute Gasteiger partial charge is 0.204 e. The van der Waals surface area contributed by atoms with Crippen molar-refractivity contribution in [1.29, 1.82) is 0 Å². The van der Waals surface area contributed by atoms with Gasteiger partial charge in [-0.05, 0) is 31.2 Å². The number of hydrogen-bond donors (Lipinski definition) is 2. The fourth-order valence-electron chi connectivity index (χ4n) is 2.53. The number of fused-ring (bicyclic) bond motifs is 3. The fraction of sp³-hybridized carbons (Fsp3) is 0.0625. The SMILES string of the molecule is Cc1nnc2c(Nc3cccc(O)c3)nc3ccccc3n12. The zero-order valence-corrected chi connectivity index (χ0v) is 11.9. The lowest BCUT2D eigenvalue weighted by molar-refractivity contribution is 0.475. The van der Waals surface area contributed by atoms with Crippen molar-refractivity contribution >= 4 is 28.2 Å². The predicted molar refractivity (Wildman–Crippen MR) is 84.4 cm³/mol. The van der Waals surface area contributed by atoms with E-state index in [1.807, 2.05) is 41.7 Å². The van der Waals surface area contributed by atoms with Crippen LogP contribution in [0.2, 0.25) is 0 Å². The van der Waals surface area contributed by atoms with Gasteiger partial charge in [0.05, 0.1) is 11.0 Å². The lowest BCUT2D eigenvalue weighted by Crippen LogP contribution is -2.01. The van der Waals surface area contributed by atoms with E-state index in [1.165, 1.54) is 0 Å². The summed E-state index contributed by atoms with van der Waals surface area (Å²) >= 11 is 0. The minimum absolute atomic E-state index is 0.194. The molecule has 22 heavy (non-hydrogen) atoms. The van der Waals surface area contributed by atoms with Crippen LogP contribution in [0.4, 0.5) is 11.5 Å². The van der Waals surface area contributed by atoms with Crippen LogP contribution in [-0.4, -0.2) is 24.7 Å². The van der Waals surface area contributed by atoms with Gasteiger partial charge in [-0.2, -0.15) is 0 Å². The van der Waals surface area contributed by atoms with Crippen LogP contribution >= 0.6 is 0 Å². The number of benzene rings is 2. The van der Waals surface area contributed by atoms with E-state index in [-0.39, 0.29) is 5.75 Å². The van der Waals surface area contributed by atoms with E-state index in [0.29, 0.717) is 11.5 Å². The van der Waals surface area contributed by atoms with Gasteiger partial charge in [0.15, 0.2) is 5.82 Å². The van der Waals surface area contributed by atoms with Gasteiger partial charge in [0.25, 0.3) is 0 Å². The monoisotopic (exact) mass is 291 g/mol. The molecule has 0 bridgehead atoms. The zero-order valence-electron chi connectivity index (χ0n) is 11.9. The molecule has 0 fully saturated rings. The van der Waals surface area contributed by atoms with E-state index in [4.69, 9.17) is 0 Å². The molecule has 6 heteroatoms. The molecular weight excluding hydrogens is 278 g/mol. The van der Waals surface area contributed by atoms with Gasteiger partial charge in [-0.25, -0.2) is 4.98 Å². The molecule has 4 rings (SSSR count). The van der Waals surface area contributed by atoms with Crippen LogP contribution in [0.25, 0.3) is 16.7 Å². The molecule has 0 saturated heterocycles. The van der Waals surface area contributed by atoms with Crippen molar-refractivity contribution in [1.82, 2.24) is 19.6 Å². The van der Waals surface area contributed by atoms with Crippen LogP contribution in [0.5, 0.6) is 5.75 Å². The standard InChI is InChI=1S/C16H13N5O/c1-10-19-20-16-15(17-11-5-4-6-12(22)9-11)18-13-7-2-3-8-14(13)21(10)16/h2-9,22H,1H3,(H,17,18). The molecule has 0 radical (unpaired) electrons. The third-order valence-electron chi connectivity index (χ3n) is 3.50. The highest BCUT2D eigenvalue weighted by molar-refractivity contribution is 5.84. The molecule has 0 atom stereocenters. The fourth-order valence-corrected chi connectivity index (χ4v) is 2.53. The number of anilines is 2. The molecule has 2 N–H and O–H groups in total. The van der Waals surface area contributed by atoms with Gasteiger partial charge in [-0.3, -0.25) is 4.40 Å². The molecule has 0 amide bonds. The molecular formula is C16H13N5O. The Morgan fingerprint density at radius 2 is 1.91 bits per heavy atom. The van der Waals surface area contributed by atoms with Gasteiger partial charge in [-0.15, -0.1) is 10.2 Å². The molecule has 4 aromatic rings. The Hall–Kier alpha value is -3.15. The van der Waals surface area contributed by atoms with E-state index in [2.05, 4.69) is 20.5 Å². The molecule has 108 valence electrons. The van der Waals surface area contributed by atoms with Gasteiger partial charge in [0.1, 0.15) is 11.6 Å². The first kappa shape index (κ1) is 12.6. The summed E-state index contributed by atoms with van der Waals surface area (Å²) in [6.07, 6.45) is 0. The topological polar surface area (TPSA) is 75.3 Å². The predicted octanol–water partition coefficient (Wildman–Crippen LogP) is 3.04. The maximum absolute atomic E-state index is 9.59. The second kappa shape index (κ2) is 4.70. The Bertz CT molecular complexity index is 992. The van der Waals surface area contributed by atoms with E-state index in [1.54, 1.807) is 18.2 Å². The zero-order chi connectivity index (χ0) is 15.1. The first-order valence-electron chi connectivity index (χ1n) is 6.89. The van der Waals surface area contributed by atoms with Crippen molar-refractivity contribution in [3.8, 4) is 5.75 Å². The molecule has 0 unspecified atom stereocenters. The summed E-state index contributed by atoms with van der Waals surface area (Å²) < 4.78 is 1.97. The van der Waals surface area contributed by atoms with Gasteiger partial charge in [0, 0.05) is 11.8 Å². The first-order valence-corrected chi connectivity index (χ1v) is 6.89. The summed E-state index contributed by atoms with van der Waals surface area (Å²) in [4.78, 5) is 4.63. The summed E-state index contributed by atoms with van der Waals surface area (Å²) in [5.74, 6) is 1.59. The molecule has 2 heterocycles. The largest absolute Gasteiger partial charge is 0.508 e. The highest BCUT2D eigenvalue weighted by Gasteiger charge is 2.12. The summed E-state index contributed by atoms with van der Waals surface area (Å²) in [5.41, 5.74) is 3.20. The Kier molecular flexibility index (Phi) is 2.69. The second-order valence-electron chi connectivity index (χ2n) is 5.03. The number of aromatic nitrogens is 4. The number of aryl methyl sites for hydroxylation is 1. The van der Waals surface area contributed by atoms with E-state index in [0.717, 1.165) is 22.5 Å². The average molecular weight is 291 g/mol. The third kappa shape index (κ3) is 1.93. The lowest BCUT2D eigenvalue weighted by Gasteiger charge is -2.09. The minimum atomic E-state index is 0.194. The third-order valence-corrected chi connectivity index (χ3v) is 3.50. The number of phenols is 1. The van der Waals surface area contributed by atoms with E-state index in [9.17, 15) is 5.11 Å². The lowest BCUT2D eigenvalue weighted by atomic mass is 10.3. The number of nitrogens with one attached hydrogen (secondary N) is 1. The summed E-state index contributed by atoms with van der Waals surface area (Å²) in [6, 6.07) is 14.7. The highest BCUT2D eigenvalue weighted by atomic mass is 16.3. The summed E-state index contributed by atoms with van der Waals surface area (Å²) in [5, 5.41) is 21.1. The highest BCUT2D eigenvalue weighted by Crippen LogP contribution is 2.25. The second-order valence-corrected chi connectivity index (χ2v) is 5.03. The first-order chi connectivity index (χ1) is 10.7. The summed E-state index contributed by atoms with van der Waals surface area (Å²) in [6.45, 7) is 1.91. The number of phenolic OH excluding ortho intramolecular Hbond substituents is 1. The normalized spacial score (nSPS) is 11.1. The van der Waals surface area contributed by atoms with Crippen LogP contribution < -0.4 is 5.32 Å². The molecule has 2 aromatic heterocycles. The van der Waals surface area contributed by atoms with Crippen molar-refractivity contribution in [2.24, 2.45) is 0 Å². The Morgan fingerprint density at radius 1 is 1.05 bits per heavy atom. The summed E-state index contributed by atoms with van der Waals surface area (Å²) in [7, 11) is 0. The maximum Gasteiger partial charge on any atom is 0.204 e. The average Bonchev–Trinajstić information content (AvgIpc) is 2.90. The van der Waals surface area contributed by atoms with Gasteiger partial charge in [-0.1, -0.05) is 18.2 Å². The number of rotatable bonds is 2. The van der Waals surface area contributed by atoms with Crippen molar-refractivity contribution in [3.05, 3.63) is 54.4 Å². The van der Waals surface area contributed by atoms with Crippen molar-refractivity contribution in [2.75, 3.05) is 5.32 Å². The van der Waals surface area contributed by atoms with Crippen molar-refractivity contribution < 1.29 is 5.11 Å². The van der Waals surface area contributed by atoms with Crippen LogP contribution in [0, 0.1) is 6.92 Å².